The van der Waals surface area contributed by atoms with Crippen LogP contribution in [0.1, 0.15) is 24.0 Å². The van der Waals surface area contributed by atoms with Crippen LogP contribution in [0.2, 0.25) is 0 Å². The lowest BCUT2D eigenvalue weighted by molar-refractivity contribution is -0.137. The van der Waals surface area contributed by atoms with Crippen LogP contribution in [0.4, 0.5) is 5.13 Å². The summed E-state index contributed by atoms with van der Waals surface area (Å²) in [5.74, 6) is 1.33. The Morgan fingerprint density at radius 3 is 2.72 bits per heavy atom. The van der Waals surface area contributed by atoms with Crippen molar-refractivity contribution in [1.29, 1.82) is 0 Å². The van der Waals surface area contributed by atoms with Crippen molar-refractivity contribution < 1.29 is 9.53 Å². The number of para-hydroxylation sites is 1. The molecule has 2 aliphatic rings. The number of rotatable bonds is 3. The van der Waals surface area contributed by atoms with Gasteiger partial charge in [0.2, 0.25) is 5.91 Å². The largest absolute Gasteiger partial charge is 0.497 e. The van der Waals surface area contributed by atoms with E-state index in [1.807, 2.05) is 17.0 Å². The number of methoxy groups -OCH3 is 1. The molecule has 2 aromatic carbocycles. The summed E-state index contributed by atoms with van der Waals surface area (Å²) in [6, 6.07) is 14.5. The lowest BCUT2D eigenvalue weighted by atomic mass is 9.93. The van der Waals surface area contributed by atoms with Crippen molar-refractivity contribution in [3.8, 4) is 5.75 Å². The molecule has 1 fully saturated rings. The van der Waals surface area contributed by atoms with Crippen LogP contribution in [0, 0.1) is 5.92 Å². The van der Waals surface area contributed by atoms with E-state index in [9.17, 15) is 4.79 Å². The Hall–Kier alpha value is -2.60. The van der Waals surface area contributed by atoms with Crippen molar-refractivity contribution in [1.82, 2.24) is 9.88 Å². The van der Waals surface area contributed by atoms with Crippen molar-refractivity contribution >= 4 is 32.6 Å². The van der Waals surface area contributed by atoms with Crippen LogP contribution in [0.5, 0.6) is 5.75 Å². The zero-order valence-electron chi connectivity index (χ0n) is 16.6. The third-order valence-corrected chi connectivity index (χ3v) is 7.23. The van der Waals surface area contributed by atoms with Gasteiger partial charge in [-0.15, -0.1) is 0 Å². The van der Waals surface area contributed by atoms with Gasteiger partial charge in [-0.25, -0.2) is 4.98 Å². The van der Waals surface area contributed by atoms with Crippen molar-refractivity contribution in [3.63, 3.8) is 0 Å². The predicted octanol–water partition coefficient (Wildman–Crippen LogP) is 4.11. The SMILES string of the molecule is COc1ccc2c(c1)CCN(C(=O)C1CCN(c3nc4ccccc4s3)CC1)C2. The molecule has 0 aliphatic carbocycles. The Morgan fingerprint density at radius 1 is 1.10 bits per heavy atom. The molecule has 3 aromatic rings. The van der Waals surface area contributed by atoms with Gasteiger partial charge in [-0.1, -0.05) is 29.5 Å². The van der Waals surface area contributed by atoms with Crippen LogP contribution in [0.15, 0.2) is 42.5 Å². The number of nitrogens with zero attached hydrogens (tertiary/aromatic N) is 3. The van der Waals surface area contributed by atoms with E-state index in [4.69, 9.17) is 9.72 Å². The number of hydrogen-bond acceptors (Lipinski definition) is 5. The molecule has 150 valence electrons. The fourth-order valence-electron chi connectivity index (χ4n) is 4.42. The molecule has 0 unspecified atom stereocenters. The van der Waals surface area contributed by atoms with Crippen molar-refractivity contribution in [2.45, 2.75) is 25.8 Å². The number of hydrogen-bond donors (Lipinski definition) is 0. The Morgan fingerprint density at radius 2 is 1.93 bits per heavy atom. The molecular weight excluding hydrogens is 382 g/mol. The molecule has 5 rings (SSSR count). The van der Waals surface area contributed by atoms with E-state index < -0.39 is 0 Å². The lowest BCUT2D eigenvalue weighted by Crippen LogP contribution is -2.44. The van der Waals surface area contributed by atoms with Gasteiger partial charge in [-0.2, -0.15) is 0 Å². The first-order chi connectivity index (χ1) is 14.2. The first-order valence-electron chi connectivity index (χ1n) is 10.3. The topological polar surface area (TPSA) is 45.7 Å². The highest BCUT2D eigenvalue weighted by Crippen LogP contribution is 2.32. The molecule has 0 saturated carbocycles. The van der Waals surface area contributed by atoms with Crippen molar-refractivity contribution in [2.75, 3.05) is 31.6 Å². The average Bonchev–Trinajstić information content (AvgIpc) is 3.22. The van der Waals surface area contributed by atoms with Crippen LogP contribution in [0.3, 0.4) is 0 Å². The van der Waals surface area contributed by atoms with Gasteiger partial charge >= 0.3 is 0 Å². The first kappa shape index (κ1) is 18.4. The molecule has 1 saturated heterocycles. The minimum absolute atomic E-state index is 0.125. The summed E-state index contributed by atoms with van der Waals surface area (Å²) in [6.45, 7) is 3.32. The molecule has 3 heterocycles. The molecular formula is C23H25N3O2S. The van der Waals surface area contributed by atoms with Crippen molar-refractivity contribution in [3.05, 3.63) is 53.6 Å². The minimum atomic E-state index is 0.125. The highest BCUT2D eigenvalue weighted by atomic mass is 32.1. The summed E-state index contributed by atoms with van der Waals surface area (Å²) in [5.41, 5.74) is 3.62. The number of ether oxygens (including phenoxy) is 1. The van der Waals surface area contributed by atoms with E-state index in [2.05, 4.69) is 35.2 Å². The lowest BCUT2D eigenvalue weighted by Gasteiger charge is -2.36. The van der Waals surface area contributed by atoms with E-state index in [1.54, 1.807) is 18.4 Å². The van der Waals surface area contributed by atoms with Gasteiger partial charge in [0.05, 0.1) is 17.3 Å². The standard InChI is InChI=1S/C23H25N3O2S/c1-28-19-7-6-18-15-26(13-10-17(18)14-19)22(27)16-8-11-25(12-9-16)23-24-20-4-2-3-5-21(20)29-23/h2-7,14,16H,8-13,15H2,1H3. The Labute approximate surface area is 174 Å². The van der Waals surface area contributed by atoms with E-state index in [1.165, 1.54) is 15.8 Å². The molecule has 1 amide bonds. The monoisotopic (exact) mass is 407 g/mol. The smallest absolute Gasteiger partial charge is 0.226 e. The number of aromatic nitrogens is 1. The number of carbonyl (C=O) groups excluding carboxylic acids is 1. The number of thiazole rings is 1. The fourth-order valence-corrected chi connectivity index (χ4v) is 5.43. The van der Waals surface area contributed by atoms with Crippen LogP contribution < -0.4 is 9.64 Å². The number of amides is 1. The maximum Gasteiger partial charge on any atom is 0.226 e. The van der Waals surface area contributed by atoms with Crippen LogP contribution >= 0.6 is 11.3 Å². The highest BCUT2D eigenvalue weighted by molar-refractivity contribution is 7.22. The second kappa shape index (κ2) is 7.67. The summed E-state index contributed by atoms with van der Waals surface area (Å²) < 4.78 is 6.55. The number of piperidine rings is 1. The Balaban J connectivity index is 1.22. The maximum atomic E-state index is 13.1. The molecule has 0 bridgehead atoms. The Kier molecular flexibility index (Phi) is 4.87. The van der Waals surface area contributed by atoms with Gasteiger partial charge in [0, 0.05) is 32.1 Å². The van der Waals surface area contributed by atoms with E-state index in [0.29, 0.717) is 5.91 Å². The maximum absolute atomic E-state index is 13.1. The molecule has 6 heteroatoms. The normalized spacial score (nSPS) is 17.4. The van der Waals surface area contributed by atoms with Crippen LogP contribution in [-0.2, 0) is 17.8 Å². The summed E-state index contributed by atoms with van der Waals surface area (Å²) in [4.78, 5) is 22.3. The second-order valence-electron chi connectivity index (χ2n) is 7.87. The fraction of sp³-hybridized carbons (Fsp3) is 0.391. The van der Waals surface area contributed by atoms with Gasteiger partial charge < -0.3 is 14.5 Å². The second-order valence-corrected chi connectivity index (χ2v) is 8.88. The first-order valence-corrected chi connectivity index (χ1v) is 11.1. The number of benzene rings is 2. The number of fused-ring (bicyclic) bond motifs is 2. The van der Waals surface area contributed by atoms with E-state index in [-0.39, 0.29) is 5.92 Å². The zero-order valence-corrected chi connectivity index (χ0v) is 17.5. The van der Waals surface area contributed by atoms with Gasteiger partial charge in [0.25, 0.3) is 0 Å². The third-order valence-electron chi connectivity index (χ3n) is 6.13. The number of anilines is 1. The number of carbonyl (C=O) groups is 1. The zero-order chi connectivity index (χ0) is 19.8. The summed E-state index contributed by atoms with van der Waals surface area (Å²) >= 11 is 1.75. The third kappa shape index (κ3) is 3.57. The molecule has 29 heavy (non-hydrogen) atoms. The van der Waals surface area contributed by atoms with E-state index in [0.717, 1.165) is 61.8 Å². The average molecular weight is 408 g/mol. The molecule has 0 N–H and O–H groups in total. The molecule has 0 atom stereocenters. The summed E-state index contributed by atoms with van der Waals surface area (Å²) in [5, 5.41) is 1.08. The van der Waals surface area contributed by atoms with Gasteiger partial charge in [-0.3, -0.25) is 4.79 Å². The molecule has 1 aromatic heterocycles. The van der Waals surface area contributed by atoms with Crippen molar-refractivity contribution in [2.24, 2.45) is 5.92 Å². The molecule has 0 radical (unpaired) electrons. The van der Waals surface area contributed by atoms with Crippen LogP contribution in [-0.4, -0.2) is 42.5 Å². The highest BCUT2D eigenvalue weighted by Gasteiger charge is 2.31. The van der Waals surface area contributed by atoms with Gasteiger partial charge in [-0.05, 0) is 54.7 Å². The van der Waals surface area contributed by atoms with Crippen LogP contribution in [0.25, 0.3) is 10.2 Å². The van der Waals surface area contributed by atoms with Gasteiger partial charge in [0.15, 0.2) is 5.13 Å². The Bertz CT molecular complexity index is 1010. The molecule has 5 nitrogen and oxygen atoms in total. The van der Waals surface area contributed by atoms with Gasteiger partial charge in [0.1, 0.15) is 5.75 Å². The summed E-state index contributed by atoms with van der Waals surface area (Å²) in [7, 11) is 1.70. The quantitative estimate of drug-likeness (QED) is 0.656. The summed E-state index contributed by atoms with van der Waals surface area (Å²) in [6.07, 6.45) is 2.71. The predicted molar refractivity (Wildman–Crippen MR) is 117 cm³/mol. The van der Waals surface area contributed by atoms with E-state index >= 15 is 0 Å². The molecule has 0 spiro atoms. The molecule has 2 aliphatic heterocycles. The minimum Gasteiger partial charge on any atom is -0.497 e.